The molecule has 2 aliphatic heterocycles. The zero-order valence-electron chi connectivity index (χ0n) is 53.1. The summed E-state index contributed by atoms with van der Waals surface area (Å²) in [6, 6.07) is 94.9. The first-order valence-corrected chi connectivity index (χ1v) is 33.6. The van der Waals surface area contributed by atoms with Crippen LogP contribution < -0.4 is 0 Å². The molecule has 0 radical (unpaired) electrons. The smallest absolute Gasteiger partial charge is 0.123 e. The Morgan fingerprint density at radius 3 is 0.520 bits per heavy atom. The average Bonchev–Trinajstić information content (AvgIpc) is 1.53. The largest absolute Gasteiger partial charge is 0.353 e. The van der Waals surface area contributed by atoms with Crippen LogP contribution >= 0.6 is 0 Å². The Morgan fingerprint density at radius 2 is 0.330 bits per heavy atom. The normalized spacial score (nSPS) is 12.2. The molecule has 0 atom stereocenters. The number of aromatic amines is 2. The first-order valence-electron chi connectivity index (χ1n) is 33.6. The molecule has 0 fully saturated rings. The van der Waals surface area contributed by atoms with E-state index in [-0.39, 0.29) is 0 Å². The second-order valence-corrected chi connectivity index (χ2v) is 26.3. The van der Waals surface area contributed by atoms with Crippen LogP contribution in [-0.2, 0) is 0 Å². The van der Waals surface area contributed by atoms with Gasteiger partial charge in [0, 0.05) is 66.1 Å². The van der Waals surface area contributed by atoms with E-state index in [1.807, 2.05) is 48.5 Å². The molecule has 4 heterocycles. The Balaban J connectivity index is 1.18. The molecule has 2 N–H and O–H groups in total. The second kappa shape index (κ2) is 21.2. The number of aromatic nitrogens is 4. The highest BCUT2D eigenvalue weighted by atomic mass is 19.1. The lowest BCUT2D eigenvalue weighted by Gasteiger charge is -2.15. The van der Waals surface area contributed by atoms with Crippen molar-refractivity contribution < 1.29 is 17.6 Å². The summed E-state index contributed by atoms with van der Waals surface area (Å²) in [7, 11) is 0. The van der Waals surface area contributed by atoms with Crippen molar-refractivity contribution in [1.29, 1.82) is 0 Å². The number of hydrogen-bond donors (Lipinski definition) is 2. The van der Waals surface area contributed by atoms with Crippen LogP contribution in [0.25, 0.3) is 219 Å². The molecular weight excluding hydrogens is 1240 g/mol. The van der Waals surface area contributed by atoms with Crippen molar-refractivity contribution in [1.82, 2.24) is 19.9 Å². The lowest BCUT2D eigenvalue weighted by Crippen LogP contribution is -1.91. The summed E-state index contributed by atoms with van der Waals surface area (Å²) in [5, 5.41) is 19.1. The third-order valence-electron chi connectivity index (χ3n) is 21.1. The molecule has 8 bridgehead atoms. The molecule has 16 aromatic carbocycles. The van der Waals surface area contributed by atoms with Gasteiger partial charge in [-0.2, -0.15) is 0 Å². The van der Waals surface area contributed by atoms with Crippen LogP contribution in [0.2, 0.25) is 0 Å². The summed E-state index contributed by atoms with van der Waals surface area (Å²) in [5.74, 6) is -1.62. The van der Waals surface area contributed by atoms with Crippen LogP contribution in [0.3, 0.4) is 0 Å². The molecule has 0 spiro atoms. The van der Waals surface area contributed by atoms with Gasteiger partial charge in [-0.1, -0.05) is 243 Å². The van der Waals surface area contributed by atoms with Gasteiger partial charge in [-0.15, -0.1) is 0 Å². The molecule has 8 heteroatoms. The Morgan fingerprint density at radius 1 is 0.170 bits per heavy atom. The third kappa shape index (κ3) is 7.92. The molecule has 21 rings (SSSR count). The zero-order chi connectivity index (χ0) is 66.2. The number of halogens is 4. The average molecular weight is 1290 g/mol. The number of hydrogen-bond acceptors (Lipinski definition) is 2. The van der Waals surface area contributed by atoms with Gasteiger partial charge < -0.3 is 9.97 Å². The minimum absolute atomic E-state index is 0.405. The summed E-state index contributed by atoms with van der Waals surface area (Å²) in [4.78, 5) is 21.3. The van der Waals surface area contributed by atoms with Crippen molar-refractivity contribution >= 4 is 130 Å². The fourth-order valence-electron chi connectivity index (χ4n) is 17.1. The van der Waals surface area contributed by atoms with Crippen LogP contribution in [0.4, 0.5) is 17.6 Å². The second-order valence-electron chi connectivity index (χ2n) is 26.3. The summed E-state index contributed by atoms with van der Waals surface area (Å²) in [6.45, 7) is 0. The van der Waals surface area contributed by atoms with Crippen molar-refractivity contribution in [2.24, 2.45) is 0 Å². The fourth-order valence-corrected chi connectivity index (χ4v) is 17.1. The monoisotopic (exact) mass is 1290 g/mol. The zero-order valence-corrected chi connectivity index (χ0v) is 53.1. The van der Waals surface area contributed by atoms with E-state index in [9.17, 15) is 0 Å². The maximum atomic E-state index is 16.1. The van der Waals surface area contributed by atoms with Crippen molar-refractivity contribution in [3.63, 3.8) is 0 Å². The molecule has 18 aromatic rings. The minimum atomic E-state index is -0.405. The van der Waals surface area contributed by atoms with Crippen LogP contribution in [0.15, 0.2) is 291 Å². The van der Waals surface area contributed by atoms with E-state index in [1.54, 1.807) is 0 Å². The van der Waals surface area contributed by atoms with Crippen LogP contribution in [-0.4, -0.2) is 19.9 Å². The van der Waals surface area contributed by atoms with Crippen LogP contribution in [0, 0.1) is 23.3 Å². The minimum Gasteiger partial charge on any atom is -0.353 e. The van der Waals surface area contributed by atoms with Gasteiger partial charge in [0.15, 0.2) is 0 Å². The molecular formula is C92H50F4N4. The van der Waals surface area contributed by atoms with Crippen molar-refractivity contribution in [3.8, 4) is 89.5 Å². The number of benzene rings is 16. The van der Waals surface area contributed by atoms with Gasteiger partial charge in [0.05, 0.1) is 44.8 Å². The van der Waals surface area contributed by atoms with Crippen molar-refractivity contribution in [2.45, 2.75) is 0 Å². The lowest BCUT2D eigenvalue weighted by molar-refractivity contribution is 0.627. The van der Waals surface area contributed by atoms with Crippen LogP contribution in [0.1, 0.15) is 0 Å². The van der Waals surface area contributed by atoms with Gasteiger partial charge in [0.1, 0.15) is 23.3 Å². The van der Waals surface area contributed by atoms with Gasteiger partial charge >= 0.3 is 0 Å². The van der Waals surface area contributed by atoms with Crippen molar-refractivity contribution in [2.75, 3.05) is 0 Å². The van der Waals surface area contributed by atoms with E-state index in [4.69, 9.17) is 9.97 Å². The molecule has 1 aliphatic carbocycles. The summed E-state index contributed by atoms with van der Waals surface area (Å²) in [6.07, 6.45) is 0. The molecule has 0 unspecified atom stereocenters. The number of nitrogens with one attached hydrogen (secondary N) is 2. The van der Waals surface area contributed by atoms with Gasteiger partial charge in [-0.3, -0.25) is 0 Å². The highest BCUT2D eigenvalue weighted by molar-refractivity contribution is 6.40. The maximum absolute atomic E-state index is 16.1. The molecule has 0 amide bonds. The molecule has 0 saturated heterocycles. The first kappa shape index (κ1) is 56.2. The van der Waals surface area contributed by atoms with E-state index in [2.05, 4.69) is 204 Å². The highest BCUT2D eigenvalue weighted by Crippen LogP contribution is 2.59. The topological polar surface area (TPSA) is 57.4 Å². The maximum Gasteiger partial charge on any atom is 0.123 e. The number of nitrogens with zero attached hydrogens (tertiary/aromatic N) is 2. The van der Waals surface area contributed by atoms with Gasteiger partial charge in [-0.25, -0.2) is 27.5 Å². The summed E-state index contributed by atoms with van der Waals surface area (Å²) >= 11 is 0. The molecule has 466 valence electrons. The Kier molecular flexibility index (Phi) is 11.9. The number of fused-ring (bicyclic) bond motifs is 12. The molecule has 100 heavy (non-hydrogen) atoms. The van der Waals surface area contributed by atoms with Gasteiger partial charge in [0.25, 0.3) is 0 Å². The molecule has 2 aromatic heterocycles. The van der Waals surface area contributed by atoms with Gasteiger partial charge in [-0.05, 0) is 157 Å². The van der Waals surface area contributed by atoms with Gasteiger partial charge in [0.2, 0.25) is 0 Å². The number of rotatable bonds is 4. The fraction of sp³-hybridized carbons (Fsp3) is 0. The summed E-state index contributed by atoms with van der Waals surface area (Å²) < 4.78 is 64.5. The van der Waals surface area contributed by atoms with Crippen LogP contribution in [0.5, 0.6) is 0 Å². The summed E-state index contributed by atoms with van der Waals surface area (Å²) in [5.41, 5.74) is 14.1. The quantitative estimate of drug-likeness (QED) is 0.136. The standard InChI is InChI=1S/C92H50F4N4/c93-53-41-33-49(34-42-53)73-85-77-65-25-9-1-17-57(65)58-18-2-10-26-66(58)78(77)86(97-85)74(50-35-43-54(94)44-36-50)88-81-69-29-13-5-21-61(69)62-22-6-14-30-70(62)82(81)90(99-88)76(52-39-47-56(96)48-40-52)92-84-72-32-16-8-24-64(72)63-23-7-15-31-71(63)83(84)91(100-92)75(51-37-45-55(95)46-38-51)89-80-68-28-12-4-20-60(68)59-19-3-11-27-67(59)79(80)87(73)98-89/h1-48,97,100H. The van der Waals surface area contributed by atoms with Crippen molar-refractivity contribution in [3.05, 3.63) is 314 Å². The van der Waals surface area contributed by atoms with E-state index in [0.717, 1.165) is 130 Å². The Bertz CT molecular complexity index is 6200. The molecule has 4 nitrogen and oxygen atoms in total. The number of H-pyrrole nitrogens is 2. The highest BCUT2D eigenvalue weighted by Gasteiger charge is 2.35. The molecule has 3 aliphatic rings. The van der Waals surface area contributed by atoms with E-state index in [0.29, 0.717) is 89.4 Å². The Labute approximate surface area is 568 Å². The first-order chi connectivity index (χ1) is 49.3. The predicted octanol–water partition coefficient (Wildman–Crippen LogP) is 25.7. The SMILES string of the molecule is Fc1ccc(-c2c3nc(c(-c4ccc(F)cc4)c4[nH]c(c(-c5ccc(F)cc5)c5nc(c(-c6ccc(F)cc6)c6[nH]c2c2c7ccccc7c7ccccc7c62)-c2c-5c5ccccc5c5ccccc25)c2c5ccccc5c5ccccc5c42)-c2c-3c3ccccc3c3ccccc23)cc1. The molecule has 0 saturated carbocycles. The third-order valence-corrected chi connectivity index (χ3v) is 21.1. The lowest BCUT2D eigenvalue weighted by atomic mass is 9.85. The predicted molar refractivity (Wildman–Crippen MR) is 406 cm³/mol. The van der Waals surface area contributed by atoms with E-state index >= 15 is 17.6 Å². The van der Waals surface area contributed by atoms with E-state index in [1.165, 1.54) is 48.5 Å². The Hall–Kier alpha value is -13.0. The van der Waals surface area contributed by atoms with E-state index < -0.39 is 23.3 Å².